The zero-order valence-electron chi connectivity index (χ0n) is 11.2. The number of rotatable bonds is 4. The van der Waals surface area contributed by atoms with Gasteiger partial charge in [0.15, 0.2) is 0 Å². The van der Waals surface area contributed by atoms with E-state index in [1.54, 1.807) is 12.1 Å². The molecule has 2 N–H and O–H groups in total. The van der Waals surface area contributed by atoms with Crippen LogP contribution in [0.4, 0.5) is 5.69 Å². The van der Waals surface area contributed by atoms with E-state index in [1.807, 2.05) is 24.3 Å². The zero-order valence-corrected chi connectivity index (χ0v) is 13.3. The van der Waals surface area contributed by atoms with Gasteiger partial charge in [0.25, 0.3) is 5.91 Å². The molecule has 4 heteroatoms. The van der Waals surface area contributed by atoms with E-state index in [4.69, 9.17) is 0 Å². The van der Waals surface area contributed by atoms with Crippen molar-refractivity contribution in [2.75, 3.05) is 5.32 Å². The quantitative estimate of drug-likeness (QED) is 0.780. The van der Waals surface area contributed by atoms with Crippen LogP contribution in [0.15, 0.2) is 42.5 Å². The number of amides is 1. The van der Waals surface area contributed by atoms with Crippen molar-refractivity contribution >= 4 is 34.2 Å². The van der Waals surface area contributed by atoms with Gasteiger partial charge in [-0.15, -0.1) is 0 Å². The van der Waals surface area contributed by atoms with Crippen molar-refractivity contribution in [2.24, 2.45) is 0 Å². The van der Waals surface area contributed by atoms with E-state index in [0.29, 0.717) is 5.56 Å². The Morgan fingerprint density at radius 2 is 2.00 bits per heavy atom. The minimum absolute atomic E-state index is 0.00381. The first kappa shape index (κ1) is 14.8. The lowest BCUT2D eigenvalue weighted by Crippen LogP contribution is -2.13. The first-order valence-electron chi connectivity index (χ1n) is 6.49. The highest BCUT2D eigenvalue weighted by Gasteiger charge is 2.13. The number of anilines is 1. The Balaban J connectivity index is 2.26. The fraction of sp³-hybridized carbons (Fsp3) is 0.188. The Morgan fingerprint density at radius 3 is 2.75 bits per heavy atom. The number of hydrogen-bond acceptors (Lipinski definition) is 2. The Bertz CT molecular complexity index is 626. The summed E-state index contributed by atoms with van der Waals surface area (Å²) in [4.78, 5) is 12.3. The highest BCUT2D eigenvalue weighted by atomic mass is 127. The van der Waals surface area contributed by atoms with Crippen molar-refractivity contribution in [1.82, 2.24) is 0 Å². The molecule has 0 fully saturated rings. The van der Waals surface area contributed by atoms with Gasteiger partial charge in [0.05, 0.1) is 5.56 Å². The van der Waals surface area contributed by atoms with Crippen LogP contribution in [-0.4, -0.2) is 11.0 Å². The second-order valence-corrected chi connectivity index (χ2v) is 5.77. The molecule has 104 valence electrons. The summed E-state index contributed by atoms with van der Waals surface area (Å²) < 4.78 is 0.910. The molecular weight excluding hydrogens is 365 g/mol. The molecule has 0 aliphatic rings. The lowest BCUT2D eigenvalue weighted by molar-refractivity contribution is 0.102. The van der Waals surface area contributed by atoms with Gasteiger partial charge in [-0.3, -0.25) is 4.79 Å². The minimum atomic E-state index is -0.287. The summed E-state index contributed by atoms with van der Waals surface area (Å²) in [5.74, 6) is -0.291. The molecule has 1 amide bonds. The van der Waals surface area contributed by atoms with Crippen LogP contribution in [0, 0.1) is 3.57 Å². The number of para-hydroxylation sites is 1. The van der Waals surface area contributed by atoms with E-state index >= 15 is 0 Å². The predicted molar refractivity (Wildman–Crippen MR) is 89.2 cm³/mol. The molecule has 20 heavy (non-hydrogen) atoms. The van der Waals surface area contributed by atoms with Crippen molar-refractivity contribution in [3.63, 3.8) is 0 Å². The van der Waals surface area contributed by atoms with Crippen LogP contribution in [-0.2, 0) is 6.42 Å². The third-order valence-corrected chi connectivity index (χ3v) is 3.66. The average molecular weight is 381 g/mol. The van der Waals surface area contributed by atoms with Crippen molar-refractivity contribution in [2.45, 2.75) is 19.8 Å². The molecule has 2 aromatic rings. The number of halogens is 1. The molecule has 0 spiro atoms. The summed E-state index contributed by atoms with van der Waals surface area (Å²) in [6.45, 7) is 2.10. The maximum atomic E-state index is 12.3. The van der Waals surface area contributed by atoms with E-state index in [0.717, 1.165) is 27.7 Å². The molecule has 0 aliphatic heterocycles. The highest BCUT2D eigenvalue weighted by molar-refractivity contribution is 14.1. The largest absolute Gasteiger partial charge is 0.507 e. The van der Waals surface area contributed by atoms with Gasteiger partial charge in [0.1, 0.15) is 5.75 Å². The fourth-order valence-electron chi connectivity index (χ4n) is 2.01. The normalized spacial score (nSPS) is 10.3. The Morgan fingerprint density at radius 1 is 1.25 bits per heavy atom. The molecule has 0 atom stereocenters. The molecule has 0 aromatic heterocycles. The van der Waals surface area contributed by atoms with Crippen LogP contribution in [0.3, 0.4) is 0 Å². The first-order chi connectivity index (χ1) is 9.61. The van der Waals surface area contributed by atoms with Crippen LogP contribution in [0.1, 0.15) is 29.3 Å². The van der Waals surface area contributed by atoms with E-state index in [-0.39, 0.29) is 11.7 Å². The Hall–Kier alpha value is -1.56. The first-order valence-corrected chi connectivity index (χ1v) is 7.57. The molecule has 0 bridgehead atoms. The maximum Gasteiger partial charge on any atom is 0.259 e. The van der Waals surface area contributed by atoms with Crippen LogP contribution in [0.2, 0.25) is 0 Å². The maximum absolute atomic E-state index is 12.3. The van der Waals surface area contributed by atoms with E-state index in [9.17, 15) is 9.90 Å². The van der Waals surface area contributed by atoms with Gasteiger partial charge in [0, 0.05) is 9.26 Å². The number of hydrogen-bond donors (Lipinski definition) is 2. The second kappa shape index (κ2) is 6.74. The van der Waals surface area contributed by atoms with Gasteiger partial charge in [-0.2, -0.15) is 0 Å². The Kier molecular flexibility index (Phi) is 5.00. The molecular formula is C16H16INO2. The monoisotopic (exact) mass is 381 g/mol. The average Bonchev–Trinajstić information content (AvgIpc) is 2.44. The summed E-state index contributed by atoms with van der Waals surface area (Å²) in [6, 6.07) is 12.7. The summed E-state index contributed by atoms with van der Waals surface area (Å²) in [7, 11) is 0. The number of aromatic hydroxyl groups is 1. The van der Waals surface area contributed by atoms with Crippen molar-refractivity contribution < 1.29 is 9.90 Å². The highest BCUT2D eigenvalue weighted by Crippen LogP contribution is 2.23. The van der Waals surface area contributed by atoms with Gasteiger partial charge >= 0.3 is 0 Å². The smallest absolute Gasteiger partial charge is 0.259 e. The van der Waals surface area contributed by atoms with Gasteiger partial charge in [-0.25, -0.2) is 0 Å². The van der Waals surface area contributed by atoms with Gasteiger partial charge in [0.2, 0.25) is 0 Å². The number of phenols is 1. The Labute approximate surface area is 132 Å². The van der Waals surface area contributed by atoms with Crippen molar-refractivity contribution in [1.29, 1.82) is 0 Å². The van der Waals surface area contributed by atoms with E-state index in [1.165, 1.54) is 6.07 Å². The lowest BCUT2D eigenvalue weighted by Gasteiger charge is -2.11. The molecule has 2 rings (SSSR count). The van der Waals surface area contributed by atoms with Crippen LogP contribution >= 0.6 is 22.6 Å². The summed E-state index contributed by atoms with van der Waals surface area (Å²) in [5.41, 5.74) is 2.20. The third-order valence-electron chi connectivity index (χ3n) is 2.99. The van der Waals surface area contributed by atoms with Gasteiger partial charge in [-0.1, -0.05) is 31.5 Å². The molecule has 2 aromatic carbocycles. The number of carbonyl (C=O) groups is 1. The standard InChI is InChI=1S/C16H16INO2/c1-2-5-11-6-3-4-7-14(11)18-16(20)13-10-12(17)8-9-15(13)19/h3-4,6-10,19H,2,5H2,1H3,(H,18,20). The topological polar surface area (TPSA) is 49.3 Å². The zero-order chi connectivity index (χ0) is 14.5. The molecule has 0 heterocycles. The SMILES string of the molecule is CCCc1ccccc1NC(=O)c1cc(I)ccc1O. The molecule has 0 radical (unpaired) electrons. The van der Waals surface area contributed by atoms with Crippen molar-refractivity contribution in [3.05, 3.63) is 57.2 Å². The fourth-order valence-corrected chi connectivity index (χ4v) is 2.50. The molecule has 0 unspecified atom stereocenters. The summed E-state index contributed by atoms with van der Waals surface area (Å²) in [6.07, 6.45) is 1.93. The van der Waals surface area contributed by atoms with Crippen molar-refractivity contribution in [3.8, 4) is 5.75 Å². The van der Waals surface area contributed by atoms with Gasteiger partial charge < -0.3 is 10.4 Å². The number of carbonyl (C=O) groups excluding carboxylic acids is 1. The van der Waals surface area contributed by atoms with Crippen LogP contribution < -0.4 is 5.32 Å². The summed E-state index contributed by atoms with van der Waals surface area (Å²) in [5, 5.41) is 12.7. The van der Waals surface area contributed by atoms with E-state index < -0.39 is 0 Å². The number of aryl methyl sites for hydroxylation is 1. The minimum Gasteiger partial charge on any atom is -0.507 e. The second-order valence-electron chi connectivity index (χ2n) is 4.52. The number of nitrogens with one attached hydrogen (secondary N) is 1. The van der Waals surface area contributed by atoms with Crippen LogP contribution in [0.25, 0.3) is 0 Å². The third kappa shape index (κ3) is 3.50. The molecule has 0 saturated carbocycles. The van der Waals surface area contributed by atoms with E-state index in [2.05, 4.69) is 34.8 Å². The lowest BCUT2D eigenvalue weighted by atomic mass is 10.1. The summed E-state index contributed by atoms with van der Waals surface area (Å²) >= 11 is 2.12. The molecule has 0 aliphatic carbocycles. The number of benzene rings is 2. The predicted octanol–water partition coefficient (Wildman–Crippen LogP) is 4.20. The van der Waals surface area contributed by atoms with Gasteiger partial charge in [-0.05, 0) is 58.8 Å². The number of phenolic OH excluding ortho intramolecular Hbond substituents is 1. The molecule has 3 nitrogen and oxygen atoms in total. The molecule has 0 saturated heterocycles. The van der Waals surface area contributed by atoms with Crippen LogP contribution in [0.5, 0.6) is 5.75 Å².